The molecule has 2 aromatic carbocycles. The molecule has 0 atom stereocenters. The van der Waals surface area contributed by atoms with Crippen LogP contribution in [0.3, 0.4) is 0 Å². The van der Waals surface area contributed by atoms with Crippen LogP contribution in [0, 0.1) is 11.3 Å². The van der Waals surface area contributed by atoms with E-state index in [0.717, 1.165) is 24.5 Å². The molecule has 0 saturated heterocycles. The van der Waals surface area contributed by atoms with Gasteiger partial charge in [0.2, 0.25) is 0 Å². The maximum atomic E-state index is 13.7. The number of hydrogen-bond acceptors (Lipinski definition) is 6. The summed E-state index contributed by atoms with van der Waals surface area (Å²) in [5, 5.41) is 10.1. The highest BCUT2D eigenvalue weighted by Crippen LogP contribution is 2.37. The van der Waals surface area contributed by atoms with Crippen LogP contribution in [0.4, 0.5) is 17.1 Å². The summed E-state index contributed by atoms with van der Waals surface area (Å²) >= 11 is 0. The summed E-state index contributed by atoms with van der Waals surface area (Å²) in [4.78, 5) is 19.7. The van der Waals surface area contributed by atoms with Crippen LogP contribution in [-0.4, -0.2) is 35.7 Å². The zero-order valence-corrected chi connectivity index (χ0v) is 20.2. The monoisotopic (exact) mass is 544 g/mol. The Kier molecular flexibility index (Phi) is 5.87. The molecule has 0 amide bonds. The lowest BCUT2D eigenvalue weighted by molar-refractivity contribution is -0.153. The Balaban J connectivity index is 1.88. The second-order valence-corrected chi connectivity index (χ2v) is 9.76. The van der Waals surface area contributed by atoms with Crippen molar-refractivity contribution < 1.29 is 30.2 Å². The van der Waals surface area contributed by atoms with Gasteiger partial charge in [-0.25, -0.2) is 0 Å². The molecule has 0 unspecified atom stereocenters. The van der Waals surface area contributed by atoms with E-state index in [4.69, 9.17) is 4.74 Å². The van der Waals surface area contributed by atoms with Gasteiger partial charge in [-0.15, -0.1) is 3.89 Å². The van der Waals surface area contributed by atoms with Crippen molar-refractivity contribution in [1.29, 1.82) is 5.26 Å². The lowest BCUT2D eigenvalue weighted by Crippen LogP contribution is -2.20. The molecule has 0 bridgehead atoms. The highest BCUT2D eigenvalue weighted by molar-refractivity contribution is 7.86. The number of halogens is 4. The molecule has 3 heterocycles. The summed E-state index contributed by atoms with van der Waals surface area (Å²) in [7, 11) is -5.16. The topological polar surface area (TPSA) is 118 Å². The SMILES string of the molecule is CCn1c2cc(-c3cncc(S(=O)(=O)F)c3)c(OCC(F)(F)F)cc2c(=O)c2c3ccc(C#N)cc3[nH]c21. The minimum atomic E-state index is -5.16. The van der Waals surface area contributed by atoms with Crippen molar-refractivity contribution in [2.24, 2.45) is 0 Å². The Morgan fingerprint density at radius 1 is 1.13 bits per heavy atom. The van der Waals surface area contributed by atoms with Crippen LogP contribution in [0.25, 0.3) is 44.0 Å². The molecule has 0 aliphatic heterocycles. The van der Waals surface area contributed by atoms with E-state index >= 15 is 0 Å². The number of hydrogen-bond donors (Lipinski definition) is 1. The van der Waals surface area contributed by atoms with E-state index in [0.29, 0.717) is 34.2 Å². The number of benzene rings is 2. The summed E-state index contributed by atoms with van der Waals surface area (Å²) in [6.45, 7) is 0.431. The molecule has 13 heteroatoms. The third kappa shape index (κ3) is 4.32. The zero-order chi connectivity index (χ0) is 27.4. The van der Waals surface area contributed by atoms with Crippen molar-refractivity contribution in [3.8, 4) is 22.9 Å². The van der Waals surface area contributed by atoms with E-state index in [9.17, 15) is 35.5 Å². The normalized spacial score (nSPS) is 12.3. The molecular weight excluding hydrogens is 528 g/mol. The van der Waals surface area contributed by atoms with Gasteiger partial charge in [-0.1, -0.05) is 6.07 Å². The Morgan fingerprint density at radius 3 is 2.55 bits per heavy atom. The minimum Gasteiger partial charge on any atom is -0.483 e. The number of aromatic nitrogens is 3. The van der Waals surface area contributed by atoms with Crippen molar-refractivity contribution in [3.05, 3.63) is 64.6 Å². The molecule has 0 saturated carbocycles. The molecule has 0 aliphatic rings. The Hall–Kier alpha value is -4.44. The van der Waals surface area contributed by atoms with Crippen LogP contribution in [0.5, 0.6) is 5.75 Å². The number of rotatable bonds is 5. The lowest BCUT2D eigenvalue weighted by atomic mass is 10.0. The average molecular weight is 544 g/mol. The first-order valence-corrected chi connectivity index (χ1v) is 12.5. The number of nitrogens with one attached hydrogen (secondary N) is 1. The highest BCUT2D eigenvalue weighted by Gasteiger charge is 2.29. The Labute approximate surface area is 211 Å². The number of nitriles is 1. The standard InChI is InChI=1S/C25H16F4N4O4S/c1-2-33-20-7-17(14-6-15(11-31-10-14)38(29,35)36)21(37-12-25(26,27)28)8-18(20)23(34)22-16-4-3-13(9-30)5-19(16)32-24(22)33/h3-8,10-11,32H,2,12H2,1H3. The third-order valence-corrected chi connectivity index (χ3v) is 6.84. The van der Waals surface area contributed by atoms with Gasteiger partial charge in [0.15, 0.2) is 12.0 Å². The fraction of sp³-hybridized carbons (Fsp3) is 0.160. The van der Waals surface area contributed by atoms with E-state index in [1.54, 1.807) is 29.7 Å². The highest BCUT2D eigenvalue weighted by atomic mass is 32.3. The fourth-order valence-corrected chi connectivity index (χ4v) is 4.90. The van der Waals surface area contributed by atoms with Gasteiger partial charge in [-0.2, -0.15) is 26.9 Å². The van der Waals surface area contributed by atoms with Crippen LogP contribution in [0.15, 0.2) is 58.5 Å². The first-order chi connectivity index (χ1) is 17.9. The second-order valence-electron chi connectivity index (χ2n) is 8.41. The number of aromatic amines is 1. The van der Waals surface area contributed by atoms with Crippen molar-refractivity contribution in [1.82, 2.24) is 14.5 Å². The van der Waals surface area contributed by atoms with Crippen molar-refractivity contribution in [3.63, 3.8) is 0 Å². The second kappa shape index (κ2) is 8.84. The molecule has 194 valence electrons. The van der Waals surface area contributed by atoms with Gasteiger partial charge < -0.3 is 14.3 Å². The van der Waals surface area contributed by atoms with Crippen LogP contribution in [-0.2, 0) is 16.8 Å². The summed E-state index contributed by atoms with van der Waals surface area (Å²) in [6, 6.07) is 10.2. The summed E-state index contributed by atoms with van der Waals surface area (Å²) in [6.07, 6.45) is -2.80. The maximum absolute atomic E-state index is 13.7. The third-order valence-electron chi connectivity index (χ3n) is 6.05. The van der Waals surface area contributed by atoms with E-state index in [1.807, 2.05) is 6.07 Å². The molecule has 5 aromatic rings. The zero-order valence-electron chi connectivity index (χ0n) is 19.4. The van der Waals surface area contributed by atoms with E-state index in [1.165, 1.54) is 6.07 Å². The molecule has 1 N–H and O–H groups in total. The van der Waals surface area contributed by atoms with Gasteiger partial charge in [-0.3, -0.25) is 9.78 Å². The van der Waals surface area contributed by atoms with E-state index in [-0.39, 0.29) is 27.6 Å². The van der Waals surface area contributed by atoms with Gasteiger partial charge in [0.25, 0.3) is 0 Å². The molecule has 0 spiro atoms. The van der Waals surface area contributed by atoms with Gasteiger partial charge in [0, 0.05) is 41.0 Å². The van der Waals surface area contributed by atoms with Gasteiger partial charge in [-0.05, 0) is 37.3 Å². The number of ether oxygens (including phenoxy) is 1. The summed E-state index contributed by atoms with van der Waals surface area (Å²) < 4.78 is 82.4. The lowest BCUT2D eigenvalue weighted by Gasteiger charge is -2.17. The Morgan fingerprint density at radius 2 is 1.89 bits per heavy atom. The summed E-state index contributed by atoms with van der Waals surface area (Å²) in [5.41, 5.74) is 1.06. The number of aryl methyl sites for hydroxylation is 1. The molecule has 0 radical (unpaired) electrons. The van der Waals surface area contributed by atoms with Gasteiger partial charge >= 0.3 is 16.4 Å². The van der Waals surface area contributed by atoms with Crippen molar-refractivity contribution in [2.75, 3.05) is 6.61 Å². The van der Waals surface area contributed by atoms with E-state index < -0.39 is 33.3 Å². The molecule has 38 heavy (non-hydrogen) atoms. The van der Waals surface area contributed by atoms with Crippen LogP contribution < -0.4 is 10.2 Å². The number of nitrogens with zero attached hydrogens (tertiary/aromatic N) is 3. The predicted molar refractivity (Wildman–Crippen MR) is 131 cm³/mol. The molecule has 8 nitrogen and oxygen atoms in total. The number of pyridine rings is 2. The predicted octanol–water partition coefficient (Wildman–Crippen LogP) is 5.19. The van der Waals surface area contributed by atoms with Crippen LogP contribution in [0.1, 0.15) is 12.5 Å². The quantitative estimate of drug-likeness (QED) is 0.240. The summed E-state index contributed by atoms with van der Waals surface area (Å²) in [5.74, 6) is -0.365. The molecule has 0 aliphatic carbocycles. The van der Waals surface area contributed by atoms with E-state index in [2.05, 4.69) is 9.97 Å². The van der Waals surface area contributed by atoms with Crippen molar-refractivity contribution >= 4 is 43.1 Å². The number of fused-ring (bicyclic) bond motifs is 4. The maximum Gasteiger partial charge on any atom is 0.422 e. The van der Waals surface area contributed by atoms with Gasteiger partial charge in [0.1, 0.15) is 16.3 Å². The number of alkyl halides is 3. The average Bonchev–Trinajstić information content (AvgIpc) is 3.25. The fourth-order valence-electron chi connectivity index (χ4n) is 4.45. The van der Waals surface area contributed by atoms with Crippen LogP contribution in [0.2, 0.25) is 0 Å². The smallest absolute Gasteiger partial charge is 0.422 e. The van der Waals surface area contributed by atoms with Crippen molar-refractivity contribution in [2.45, 2.75) is 24.5 Å². The van der Waals surface area contributed by atoms with Gasteiger partial charge in [0.05, 0.1) is 27.9 Å². The first-order valence-electron chi connectivity index (χ1n) is 11.1. The van der Waals surface area contributed by atoms with Crippen LogP contribution >= 0.6 is 0 Å². The molecule has 0 fully saturated rings. The molecule has 3 aromatic heterocycles. The molecule has 5 rings (SSSR count). The minimum absolute atomic E-state index is 0.0245. The number of H-pyrrole nitrogens is 1. The largest absolute Gasteiger partial charge is 0.483 e. The molecular formula is C25H16F4N4O4S. The Bertz CT molecular complexity index is 1970. The first kappa shape index (κ1) is 25.2.